The molecule has 0 spiro atoms. The normalized spacial score (nSPS) is 12.2. The van der Waals surface area contributed by atoms with Gasteiger partial charge in [-0.1, -0.05) is 30.3 Å². The molecule has 18 heavy (non-hydrogen) atoms. The van der Waals surface area contributed by atoms with Crippen molar-refractivity contribution in [1.82, 2.24) is 9.97 Å². The van der Waals surface area contributed by atoms with Gasteiger partial charge in [0, 0.05) is 18.0 Å². The van der Waals surface area contributed by atoms with Crippen molar-refractivity contribution in [2.75, 3.05) is 7.11 Å². The van der Waals surface area contributed by atoms with Crippen molar-refractivity contribution < 1.29 is 4.74 Å². The minimum atomic E-state index is -0.0653. The molecule has 2 rings (SSSR count). The second-order valence-electron chi connectivity index (χ2n) is 4.18. The van der Waals surface area contributed by atoms with Crippen LogP contribution in [0.1, 0.15) is 22.9 Å². The Labute approximate surface area is 107 Å². The lowest BCUT2D eigenvalue weighted by molar-refractivity contribution is 0.392. The average Bonchev–Trinajstić information content (AvgIpc) is 2.42. The smallest absolute Gasteiger partial charge is 0.219 e. The van der Waals surface area contributed by atoms with Crippen LogP contribution >= 0.6 is 0 Å². The molecule has 0 aliphatic rings. The van der Waals surface area contributed by atoms with E-state index in [1.807, 2.05) is 37.3 Å². The second-order valence-corrected chi connectivity index (χ2v) is 4.18. The molecule has 0 fully saturated rings. The molecule has 1 aromatic carbocycles. The van der Waals surface area contributed by atoms with Crippen molar-refractivity contribution in [3.63, 3.8) is 0 Å². The van der Waals surface area contributed by atoms with E-state index >= 15 is 0 Å². The zero-order chi connectivity index (χ0) is 13.0. The molecule has 0 bridgehead atoms. The maximum Gasteiger partial charge on any atom is 0.219 e. The summed E-state index contributed by atoms with van der Waals surface area (Å²) < 4.78 is 5.18. The molecule has 4 heteroatoms. The van der Waals surface area contributed by atoms with Crippen LogP contribution in [-0.4, -0.2) is 17.1 Å². The largest absolute Gasteiger partial charge is 0.481 e. The molecular weight excluding hydrogens is 226 g/mol. The standard InChI is InChI=1S/C14H17N3O/c1-10-13(16-9-17-14(10)18-2)8-12(15)11-6-4-3-5-7-11/h3-7,9,12H,8,15H2,1-2H3. The third-order valence-corrected chi connectivity index (χ3v) is 2.98. The highest BCUT2D eigenvalue weighted by Crippen LogP contribution is 2.20. The van der Waals surface area contributed by atoms with E-state index in [1.54, 1.807) is 7.11 Å². The number of hydrogen-bond acceptors (Lipinski definition) is 4. The molecule has 2 N–H and O–H groups in total. The first-order valence-electron chi connectivity index (χ1n) is 5.87. The van der Waals surface area contributed by atoms with Crippen molar-refractivity contribution in [3.8, 4) is 5.88 Å². The van der Waals surface area contributed by atoms with Crippen LogP contribution in [0, 0.1) is 6.92 Å². The predicted octanol–water partition coefficient (Wildman–Crippen LogP) is 2.04. The second kappa shape index (κ2) is 5.60. The number of nitrogens with zero attached hydrogens (tertiary/aromatic N) is 2. The Balaban J connectivity index is 2.19. The van der Waals surface area contributed by atoms with Gasteiger partial charge in [-0.25, -0.2) is 9.97 Å². The highest BCUT2D eigenvalue weighted by atomic mass is 16.5. The number of ether oxygens (including phenoxy) is 1. The monoisotopic (exact) mass is 243 g/mol. The van der Waals surface area contributed by atoms with Crippen LogP contribution in [0.25, 0.3) is 0 Å². The SMILES string of the molecule is COc1ncnc(CC(N)c2ccccc2)c1C. The van der Waals surface area contributed by atoms with Gasteiger partial charge in [0.25, 0.3) is 0 Å². The summed E-state index contributed by atoms with van der Waals surface area (Å²) in [5.41, 5.74) is 9.17. The highest BCUT2D eigenvalue weighted by Gasteiger charge is 2.12. The Bertz CT molecular complexity index is 514. The molecule has 1 heterocycles. The van der Waals surface area contributed by atoms with Crippen LogP contribution in [0.3, 0.4) is 0 Å². The molecular formula is C14H17N3O. The predicted molar refractivity (Wildman–Crippen MR) is 70.4 cm³/mol. The molecule has 1 aromatic heterocycles. The van der Waals surface area contributed by atoms with Crippen molar-refractivity contribution in [3.05, 3.63) is 53.5 Å². The Kier molecular flexibility index (Phi) is 3.89. The zero-order valence-electron chi connectivity index (χ0n) is 10.6. The number of benzene rings is 1. The van der Waals surface area contributed by atoms with E-state index in [-0.39, 0.29) is 6.04 Å². The highest BCUT2D eigenvalue weighted by molar-refractivity contribution is 5.30. The van der Waals surface area contributed by atoms with Crippen LogP contribution in [-0.2, 0) is 6.42 Å². The zero-order valence-corrected chi connectivity index (χ0v) is 10.6. The van der Waals surface area contributed by atoms with Crippen molar-refractivity contribution in [2.45, 2.75) is 19.4 Å². The Morgan fingerprint density at radius 2 is 1.94 bits per heavy atom. The summed E-state index contributed by atoms with van der Waals surface area (Å²) in [7, 11) is 1.61. The molecule has 0 amide bonds. The van der Waals surface area contributed by atoms with Crippen LogP contribution in [0.5, 0.6) is 5.88 Å². The molecule has 4 nitrogen and oxygen atoms in total. The van der Waals surface area contributed by atoms with Crippen LogP contribution in [0.2, 0.25) is 0 Å². The Hall–Kier alpha value is -1.94. The number of aromatic nitrogens is 2. The van der Waals surface area contributed by atoms with E-state index in [0.29, 0.717) is 12.3 Å². The van der Waals surface area contributed by atoms with E-state index in [9.17, 15) is 0 Å². The fraction of sp³-hybridized carbons (Fsp3) is 0.286. The minimum Gasteiger partial charge on any atom is -0.481 e. The van der Waals surface area contributed by atoms with Gasteiger partial charge in [-0.3, -0.25) is 0 Å². The molecule has 94 valence electrons. The lowest BCUT2D eigenvalue weighted by Gasteiger charge is -2.13. The van der Waals surface area contributed by atoms with E-state index in [1.165, 1.54) is 6.33 Å². The number of methoxy groups -OCH3 is 1. The van der Waals surface area contributed by atoms with E-state index in [2.05, 4.69) is 9.97 Å². The third kappa shape index (κ3) is 2.65. The van der Waals surface area contributed by atoms with Gasteiger partial charge < -0.3 is 10.5 Å². The van der Waals surface area contributed by atoms with E-state index in [4.69, 9.17) is 10.5 Å². The summed E-state index contributed by atoms with van der Waals surface area (Å²) in [6, 6.07) is 9.95. The van der Waals surface area contributed by atoms with Gasteiger partial charge >= 0.3 is 0 Å². The van der Waals surface area contributed by atoms with Gasteiger partial charge in [0.15, 0.2) is 0 Å². The van der Waals surface area contributed by atoms with Crippen molar-refractivity contribution in [1.29, 1.82) is 0 Å². The van der Waals surface area contributed by atoms with Crippen molar-refractivity contribution in [2.24, 2.45) is 5.73 Å². The van der Waals surface area contributed by atoms with Gasteiger partial charge in [-0.2, -0.15) is 0 Å². The third-order valence-electron chi connectivity index (χ3n) is 2.98. The van der Waals surface area contributed by atoms with Crippen LogP contribution in [0.15, 0.2) is 36.7 Å². The first-order valence-corrected chi connectivity index (χ1v) is 5.87. The molecule has 0 radical (unpaired) electrons. The summed E-state index contributed by atoms with van der Waals surface area (Å²) in [4.78, 5) is 8.34. The molecule has 0 saturated carbocycles. The van der Waals surface area contributed by atoms with Gasteiger partial charge in [-0.05, 0) is 12.5 Å². The maximum atomic E-state index is 6.19. The summed E-state index contributed by atoms with van der Waals surface area (Å²) in [5, 5.41) is 0. The van der Waals surface area contributed by atoms with E-state index in [0.717, 1.165) is 16.8 Å². The lowest BCUT2D eigenvalue weighted by atomic mass is 10.0. The first kappa shape index (κ1) is 12.5. The first-order chi connectivity index (χ1) is 8.72. The molecule has 0 aliphatic heterocycles. The summed E-state index contributed by atoms with van der Waals surface area (Å²) >= 11 is 0. The van der Waals surface area contributed by atoms with Crippen LogP contribution in [0.4, 0.5) is 0 Å². The molecule has 1 unspecified atom stereocenters. The molecule has 2 aromatic rings. The van der Waals surface area contributed by atoms with Gasteiger partial charge in [0.1, 0.15) is 6.33 Å². The number of rotatable bonds is 4. The average molecular weight is 243 g/mol. The fourth-order valence-corrected chi connectivity index (χ4v) is 1.91. The van der Waals surface area contributed by atoms with Crippen molar-refractivity contribution >= 4 is 0 Å². The maximum absolute atomic E-state index is 6.19. The van der Waals surface area contributed by atoms with Gasteiger partial charge in [0.2, 0.25) is 5.88 Å². The summed E-state index contributed by atoms with van der Waals surface area (Å²) in [5.74, 6) is 0.611. The topological polar surface area (TPSA) is 61.0 Å². The summed E-state index contributed by atoms with van der Waals surface area (Å²) in [6.07, 6.45) is 2.19. The van der Waals surface area contributed by atoms with Crippen LogP contribution < -0.4 is 10.5 Å². The molecule has 0 saturated heterocycles. The minimum absolute atomic E-state index is 0.0653. The Morgan fingerprint density at radius 3 is 2.61 bits per heavy atom. The summed E-state index contributed by atoms with van der Waals surface area (Å²) in [6.45, 7) is 1.95. The lowest BCUT2D eigenvalue weighted by Crippen LogP contribution is -2.15. The van der Waals surface area contributed by atoms with E-state index < -0.39 is 0 Å². The quantitative estimate of drug-likeness (QED) is 0.892. The molecule has 1 atom stereocenters. The molecule has 0 aliphatic carbocycles. The number of nitrogens with two attached hydrogens (primary N) is 1. The fourth-order valence-electron chi connectivity index (χ4n) is 1.91. The van der Waals surface area contributed by atoms with Gasteiger partial charge in [-0.15, -0.1) is 0 Å². The Morgan fingerprint density at radius 1 is 1.22 bits per heavy atom. The number of hydrogen-bond donors (Lipinski definition) is 1. The van der Waals surface area contributed by atoms with Gasteiger partial charge in [0.05, 0.1) is 12.8 Å².